The molecule has 2 aromatic carbocycles. The number of ether oxygens (including phenoxy) is 1. The van der Waals surface area contributed by atoms with Crippen LogP contribution in [0.3, 0.4) is 0 Å². The van der Waals surface area contributed by atoms with Crippen LogP contribution in [0.4, 0.5) is 0 Å². The number of fused-ring (bicyclic) bond motifs is 2. The molecule has 2 aliphatic heterocycles. The van der Waals surface area contributed by atoms with Crippen molar-refractivity contribution in [2.24, 2.45) is 0 Å². The fourth-order valence-corrected chi connectivity index (χ4v) is 5.35. The number of piperidine rings is 1. The van der Waals surface area contributed by atoms with Crippen LogP contribution in [-0.2, 0) is 6.54 Å². The van der Waals surface area contributed by atoms with E-state index < -0.39 is 12.2 Å². The molecule has 5 heteroatoms. The first-order chi connectivity index (χ1) is 15.0. The van der Waals surface area contributed by atoms with Crippen LogP contribution < -0.4 is 4.74 Å². The van der Waals surface area contributed by atoms with Gasteiger partial charge in [0.25, 0.3) is 0 Å². The average molecular weight is 421 g/mol. The van der Waals surface area contributed by atoms with Crippen molar-refractivity contribution >= 4 is 10.9 Å². The van der Waals surface area contributed by atoms with Gasteiger partial charge in [-0.1, -0.05) is 29.8 Å². The Morgan fingerprint density at radius 1 is 1.16 bits per heavy atom. The van der Waals surface area contributed by atoms with Gasteiger partial charge in [-0.15, -0.1) is 0 Å². The fourth-order valence-electron chi connectivity index (χ4n) is 5.35. The van der Waals surface area contributed by atoms with Gasteiger partial charge in [0.1, 0.15) is 11.4 Å². The maximum atomic E-state index is 11.1. The lowest BCUT2D eigenvalue weighted by Gasteiger charge is -2.46. The van der Waals surface area contributed by atoms with Crippen molar-refractivity contribution in [3.05, 3.63) is 65.4 Å². The number of para-hydroxylation sites is 1. The molecular formula is C26H32N2O3. The van der Waals surface area contributed by atoms with Crippen molar-refractivity contribution in [3.63, 3.8) is 0 Å². The Hall–Kier alpha value is -2.34. The van der Waals surface area contributed by atoms with E-state index in [0.717, 1.165) is 60.3 Å². The van der Waals surface area contributed by atoms with E-state index in [4.69, 9.17) is 4.74 Å². The van der Waals surface area contributed by atoms with E-state index in [2.05, 4.69) is 34.7 Å². The van der Waals surface area contributed by atoms with Crippen molar-refractivity contribution in [2.45, 2.75) is 57.5 Å². The zero-order valence-electron chi connectivity index (χ0n) is 18.4. The number of benzene rings is 2. The molecule has 1 fully saturated rings. The van der Waals surface area contributed by atoms with Crippen molar-refractivity contribution in [2.75, 3.05) is 19.6 Å². The Kier molecular flexibility index (Phi) is 5.29. The highest BCUT2D eigenvalue weighted by Crippen LogP contribution is 2.44. The van der Waals surface area contributed by atoms with E-state index in [0.29, 0.717) is 13.0 Å². The van der Waals surface area contributed by atoms with Crippen LogP contribution >= 0.6 is 0 Å². The fraction of sp³-hybridized carbons (Fsp3) is 0.462. The van der Waals surface area contributed by atoms with Gasteiger partial charge in [-0.25, -0.2) is 0 Å². The molecule has 5 nitrogen and oxygen atoms in total. The molecule has 1 aromatic heterocycles. The van der Waals surface area contributed by atoms with Crippen molar-refractivity contribution < 1.29 is 14.9 Å². The minimum absolute atomic E-state index is 0.304. The van der Waals surface area contributed by atoms with Gasteiger partial charge < -0.3 is 24.4 Å². The first-order valence-electron chi connectivity index (χ1n) is 11.4. The van der Waals surface area contributed by atoms with Crippen molar-refractivity contribution in [1.29, 1.82) is 0 Å². The minimum Gasteiger partial charge on any atom is -0.487 e. The number of aliphatic hydroxyl groups excluding tert-OH is 2. The number of hydrogen-bond acceptors (Lipinski definition) is 4. The highest BCUT2D eigenvalue weighted by atomic mass is 16.5. The van der Waals surface area contributed by atoms with Gasteiger partial charge in [-0.2, -0.15) is 0 Å². The maximum absolute atomic E-state index is 11.1. The summed E-state index contributed by atoms with van der Waals surface area (Å²) >= 11 is 0. The van der Waals surface area contributed by atoms with Gasteiger partial charge in [-0.05, 0) is 44.9 Å². The van der Waals surface area contributed by atoms with E-state index in [1.54, 1.807) is 0 Å². The maximum Gasteiger partial charge on any atom is 0.125 e. The summed E-state index contributed by atoms with van der Waals surface area (Å²) < 4.78 is 8.65. The number of rotatable bonds is 4. The zero-order chi connectivity index (χ0) is 21.6. The lowest BCUT2D eigenvalue weighted by atomic mass is 9.81. The second kappa shape index (κ2) is 7.97. The molecule has 164 valence electrons. The van der Waals surface area contributed by atoms with Crippen molar-refractivity contribution in [3.8, 4) is 5.75 Å². The molecule has 0 aliphatic carbocycles. The molecule has 5 rings (SSSR count). The summed E-state index contributed by atoms with van der Waals surface area (Å²) in [5, 5.41) is 22.9. The largest absolute Gasteiger partial charge is 0.487 e. The summed E-state index contributed by atoms with van der Waals surface area (Å²) in [5.74, 6) is 0.824. The van der Waals surface area contributed by atoms with Crippen molar-refractivity contribution in [1.82, 2.24) is 9.47 Å². The molecule has 0 unspecified atom stereocenters. The molecular weight excluding hydrogens is 388 g/mol. The molecule has 2 aliphatic rings. The first kappa shape index (κ1) is 20.6. The molecule has 0 saturated carbocycles. The summed E-state index contributed by atoms with van der Waals surface area (Å²) in [6.07, 6.45) is 3.47. The number of aromatic nitrogens is 1. The van der Waals surface area contributed by atoms with Crippen LogP contribution in [0.2, 0.25) is 0 Å². The highest BCUT2D eigenvalue weighted by molar-refractivity contribution is 5.84. The van der Waals surface area contributed by atoms with Crippen LogP contribution in [0.15, 0.2) is 48.7 Å². The summed E-state index contributed by atoms with van der Waals surface area (Å²) in [4.78, 5) is 2.33. The minimum atomic E-state index is -0.520. The Labute approximate surface area is 183 Å². The Morgan fingerprint density at radius 3 is 2.71 bits per heavy atom. The normalized spacial score (nSPS) is 21.7. The number of β-amino-alcohol motifs (C(OH)–C–C–N with tert-alkyl or cyclic N) is 1. The topological polar surface area (TPSA) is 57.9 Å². The molecule has 31 heavy (non-hydrogen) atoms. The Morgan fingerprint density at radius 2 is 1.94 bits per heavy atom. The molecule has 0 bridgehead atoms. The number of likely N-dealkylation sites (tertiary alicyclic amines) is 1. The van der Waals surface area contributed by atoms with Gasteiger partial charge in [0.2, 0.25) is 0 Å². The lowest BCUT2D eigenvalue weighted by Crippen LogP contribution is -2.51. The van der Waals surface area contributed by atoms with Gasteiger partial charge in [0.05, 0.1) is 12.2 Å². The predicted octanol–water partition coefficient (Wildman–Crippen LogP) is 4.35. The summed E-state index contributed by atoms with van der Waals surface area (Å²) in [7, 11) is 0. The quantitative estimate of drug-likeness (QED) is 0.659. The predicted molar refractivity (Wildman–Crippen MR) is 122 cm³/mol. The zero-order valence-corrected chi connectivity index (χ0v) is 18.4. The first-order valence-corrected chi connectivity index (χ1v) is 11.4. The number of aliphatic hydroxyl groups is 2. The average Bonchev–Trinajstić information content (AvgIpc) is 3.15. The highest BCUT2D eigenvalue weighted by Gasteiger charge is 2.43. The number of nitrogens with zero attached hydrogens (tertiary/aromatic N) is 2. The van der Waals surface area contributed by atoms with Gasteiger partial charge in [-0.3, -0.25) is 0 Å². The molecule has 2 atom stereocenters. The lowest BCUT2D eigenvalue weighted by molar-refractivity contribution is -0.0587. The number of hydrogen-bond donors (Lipinski definition) is 2. The molecule has 2 N–H and O–H groups in total. The third kappa shape index (κ3) is 3.75. The van der Waals surface area contributed by atoms with E-state index in [1.165, 1.54) is 5.52 Å². The standard InChI is InChI=1S/C26H32N2O3/c1-3-28-16-21(19-6-4-5-7-22(19)28)24(30)17-27-12-10-26(11-13-27)15-23(29)20-14-18(2)8-9-25(20)31-26/h4-9,14,16,23-24,29-30H,3,10-13,15,17H2,1-2H3/t23-,24-/m0/s1. The second-order valence-electron chi connectivity index (χ2n) is 9.25. The molecule has 3 aromatic rings. The third-order valence-corrected chi connectivity index (χ3v) is 7.13. The molecule has 3 heterocycles. The van der Waals surface area contributed by atoms with Crippen LogP contribution in [-0.4, -0.2) is 44.9 Å². The van der Waals surface area contributed by atoms with Gasteiger partial charge >= 0.3 is 0 Å². The molecule has 1 spiro atoms. The monoisotopic (exact) mass is 420 g/mol. The van der Waals surface area contributed by atoms with E-state index >= 15 is 0 Å². The Bertz CT molecular complexity index is 1080. The Balaban J connectivity index is 1.27. The number of aryl methyl sites for hydroxylation is 2. The van der Waals surface area contributed by atoms with Gasteiger partial charge in [0.15, 0.2) is 0 Å². The molecule has 0 amide bonds. The van der Waals surface area contributed by atoms with Crippen LogP contribution in [0, 0.1) is 6.92 Å². The van der Waals surface area contributed by atoms with E-state index in [9.17, 15) is 10.2 Å². The van der Waals surface area contributed by atoms with Crippen LogP contribution in [0.1, 0.15) is 55.1 Å². The second-order valence-corrected chi connectivity index (χ2v) is 9.25. The SMILES string of the molecule is CCn1cc([C@@H](O)CN2CCC3(CC2)C[C@H](O)c2cc(C)ccc2O3)c2ccccc21. The van der Waals surface area contributed by atoms with Crippen LogP contribution in [0.25, 0.3) is 10.9 Å². The smallest absolute Gasteiger partial charge is 0.125 e. The molecule has 1 saturated heterocycles. The summed E-state index contributed by atoms with van der Waals surface area (Å²) in [6.45, 7) is 7.39. The third-order valence-electron chi connectivity index (χ3n) is 7.13. The summed E-state index contributed by atoms with van der Waals surface area (Å²) in [5.41, 5.74) is 3.93. The summed E-state index contributed by atoms with van der Waals surface area (Å²) in [6, 6.07) is 14.4. The molecule has 0 radical (unpaired) electrons. The van der Waals surface area contributed by atoms with E-state index in [-0.39, 0.29) is 5.60 Å². The van der Waals surface area contributed by atoms with Crippen LogP contribution in [0.5, 0.6) is 5.75 Å². The van der Waals surface area contributed by atoms with Gasteiger partial charge in [0, 0.05) is 60.8 Å². The van der Waals surface area contributed by atoms with E-state index in [1.807, 2.05) is 37.3 Å².